The Morgan fingerprint density at radius 2 is 1.66 bits per heavy atom. The lowest BCUT2D eigenvalue weighted by Gasteiger charge is -2.27. The number of nitrogens with zero attached hydrogens (tertiary/aromatic N) is 1. The average molecular weight is 608 g/mol. The van der Waals surface area contributed by atoms with Gasteiger partial charge in [-0.1, -0.05) is 72.8 Å². The van der Waals surface area contributed by atoms with Crippen molar-refractivity contribution in [2.75, 3.05) is 26.4 Å². The number of aliphatic hydroxyl groups is 1. The number of cyclic esters (lactones) is 1. The Morgan fingerprint density at radius 3 is 2.36 bits per heavy atom. The first-order valence-electron chi connectivity index (χ1n) is 15.0. The van der Waals surface area contributed by atoms with Gasteiger partial charge in [-0.2, -0.15) is 0 Å². The lowest BCUT2D eigenvalue weighted by Crippen LogP contribution is -2.48. The Morgan fingerprint density at radius 1 is 0.977 bits per heavy atom. The maximum Gasteiger partial charge on any atom is 0.408 e. The molecule has 4 rings (SSSR count). The van der Waals surface area contributed by atoms with Crippen LogP contribution in [0.3, 0.4) is 0 Å². The van der Waals surface area contributed by atoms with E-state index < -0.39 is 30.1 Å². The smallest absolute Gasteiger partial charge is 0.408 e. The molecule has 0 bridgehead atoms. The summed E-state index contributed by atoms with van der Waals surface area (Å²) in [7, 11) is 0. The fourth-order valence-electron chi connectivity index (χ4n) is 5.21. The summed E-state index contributed by atoms with van der Waals surface area (Å²) >= 11 is 0. The fourth-order valence-corrected chi connectivity index (χ4v) is 5.21. The molecule has 3 N–H and O–H groups in total. The first-order valence-corrected chi connectivity index (χ1v) is 15.0. The van der Waals surface area contributed by atoms with Crippen molar-refractivity contribution in [2.24, 2.45) is 5.92 Å². The lowest BCUT2D eigenvalue weighted by molar-refractivity contribution is -0.148. The zero-order valence-corrected chi connectivity index (χ0v) is 24.8. The predicted octanol–water partition coefficient (Wildman–Crippen LogP) is 2.87. The number of carbonyl (C=O) groups excluding carboxylic acids is 4. The maximum absolute atomic E-state index is 13.4. The summed E-state index contributed by atoms with van der Waals surface area (Å²) < 4.78 is 16.7. The number of allylic oxidation sites excluding steroid dienone is 1. The number of aliphatic hydroxyl groups excluding tert-OH is 1. The maximum atomic E-state index is 13.4. The zero-order chi connectivity index (χ0) is 31.1. The van der Waals surface area contributed by atoms with Crippen molar-refractivity contribution in [3.8, 4) is 0 Å². The van der Waals surface area contributed by atoms with E-state index in [0.29, 0.717) is 13.2 Å². The molecule has 4 unspecified atom stereocenters. The van der Waals surface area contributed by atoms with E-state index in [1.54, 1.807) is 17.1 Å². The van der Waals surface area contributed by atoms with Crippen LogP contribution in [0.25, 0.3) is 0 Å². The Kier molecular flexibility index (Phi) is 12.8. The van der Waals surface area contributed by atoms with Crippen molar-refractivity contribution >= 4 is 23.9 Å². The van der Waals surface area contributed by atoms with E-state index in [9.17, 15) is 24.3 Å². The van der Waals surface area contributed by atoms with Crippen LogP contribution in [0.4, 0.5) is 4.79 Å². The summed E-state index contributed by atoms with van der Waals surface area (Å²) in [5, 5.41) is 15.2. The Labute approximate surface area is 257 Å². The van der Waals surface area contributed by atoms with Gasteiger partial charge in [0.15, 0.2) is 0 Å². The highest BCUT2D eigenvalue weighted by Gasteiger charge is 2.32. The average Bonchev–Trinajstić information content (AvgIpc) is 3.53. The number of rotatable bonds is 10. The van der Waals surface area contributed by atoms with Gasteiger partial charge in [-0.25, -0.2) is 9.59 Å². The van der Waals surface area contributed by atoms with Crippen molar-refractivity contribution in [3.05, 3.63) is 83.9 Å². The molecule has 2 aliphatic heterocycles. The number of nitrogens with one attached hydrogen (secondary N) is 2. The summed E-state index contributed by atoms with van der Waals surface area (Å²) in [6.07, 6.45) is 4.50. The third-order valence-corrected chi connectivity index (χ3v) is 7.65. The fraction of sp³-hybridized carbons (Fsp3) is 0.455. The number of amides is 3. The SMILES string of the molecule is O=C(NC1CC=CCC(CC(=O)N2CCCC2CO)C(=O)NC(COCc2ccccc2)COC1=O)OCc1ccccc1. The monoisotopic (exact) mass is 607 g/mol. The van der Waals surface area contributed by atoms with Crippen LogP contribution in [-0.4, -0.2) is 78.4 Å². The minimum Gasteiger partial charge on any atom is -0.462 e. The minimum atomic E-state index is -1.02. The standard InChI is InChI=1S/C33H41N3O8/c37-19-28-15-9-17-36(28)30(38)18-26-14-7-8-16-29(35-33(41)44-21-25-12-5-2-6-13-25)32(40)43-23-27(34-31(26)39)22-42-20-24-10-3-1-4-11-24/h1-8,10-13,26-29,37H,9,14-23H2,(H,34,39)(H,35,41). The van der Waals surface area contributed by atoms with E-state index in [1.807, 2.05) is 60.7 Å². The molecule has 0 saturated carbocycles. The molecule has 1 fully saturated rings. The molecule has 0 aliphatic carbocycles. The molecular weight excluding hydrogens is 566 g/mol. The van der Waals surface area contributed by atoms with Crippen molar-refractivity contribution in [3.63, 3.8) is 0 Å². The molecule has 2 aromatic carbocycles. The molecule has 2 aliphatic rings. The van der Waals surface area contributed by atoms with E-state index in [0.717, 1.165) is 24.0 Å². The van der Waals surface area contributed by atoms with Gasteiger partial charge in [0.25, 0.3) is 0 Å². The van der Waals surface area contributed by atoms with Gasteiger partial charge in [-0.15, -0.1) is 0 Å². The molecule has 44 heavy (non-hydrogen) atoms. The molecule has 236 valence electrons. The summed E-state index contributed by atoms with van der Waals surface area (Å²) in [5.41, 5.74) is 1.75. The number of alkyl carbamates (subject to hydrolysis) is 1. The number of ether oxygens (including phenoxy) is 3. The highest BCUT2D eigenvalue weighted by atomic mass is 16.6. The molecule has 11 heteroatoms. The number of hydrogen-bond donors (Lipinski definition) is 3. The van der Waals surface area contributed by atoms with Gasteiger partial charge >= 0.3 is 12.1 Å². The summed E-state index contributed by atoms with van der Waals surface area (Å²) in [5.74, 6) is -1.91. The normalized spacial score (nSPS) is 22.7. The van der Waals surface area contributed by atoms with Gasteiger partial charge in [0, 0.05) is 13.0 Å². The quantitative estimate of drug-likeness (QED) is 0.276. The second kappa shape index (κ2) is 17.2. The third-order valence-electron chi connectivity index (χ3n) is 7.65. The van der Waals surface area contributed by atoms with Crippen LogP contribution in [0.15, 0.2) is 72.8 Å². The minimum absolute atomic E-state index is 0.0302. The third kappa shape index (κ3) is 10.2. The van der Waals surface area contributed by atoms with E-state index in [1.165, 1.54) is 0 Å². The van der Waals surface area contributed by atoms with Gasteiger partial charge in [0.1, 0.15) is 19.3 Å². The van der Waals surface area contributed by atoms with E-state index in [-0.39, 0.29) is 63.5 Å². The van der Waals surface area contributed by atoms with Crippen LogP contribution in [0.2, 0.25) is 0 Å². The molecule has 11 nitrogen and oxygen atoms in total. The van der Waals surface area contributed by atoms with Gasteiger partial charge in [0.05, 0.1) is 37.8 Å². The first-order chi connectivity index (χ1) is 21.4. The Balaban J connectivity index is 1.43. The topological polar surface area (TPSA) is 144 Å². The first kappa shape index (κ1) is 32.7. The molecule has 0 radical (unpaired) electrons. The summed E-state index contributed by atoms with van der Waals surface area (Å²) in [6.45, 7) is 0.631. The lowest BCUT2D eigenvalue weighted by atomic mass is 9.97. The van der Waals surface area contributed by atoms with Gasteiger partial charge < -0.3 is 34.9 Å². The van der Waals surface area contributed by atoms with E-state index in [2.05, 4.69) is 10.6 Å². The van der Waals surface area contributed by atoms with Crippen LogP contribution in [-0.2, 0) is 41.8 Å². The number of benzene rings is 2. The van der Waals surface area contributed by atoms with Gasteiger partial charge in [-0.05, 0) is 36.8 Å². The molecule has 4 atom stereocenters. The molecule has 1 saturated heterocycles. The van der Waals surface area contributed by atoms with Crippen LogP contribution < -0.4 is 10.6 Å². The number of likely N-dealkylation sites (tertiary alicyclic amines) is 1. The number of hydrogen-bond acceptors (Lipinski definition) is 8. The Bertz CT molecular complexity index is 1260. The predicted molar refractivity (Wildman–Crippen MR) is 161 cm³/mol. The Hall–Kier alpha value is -4.22. The highest BCUT2D eigenvalue weighted by molar-refractivity contribution is 5.86. The van der Waals surface area contributed by atoms with Crippen molar-refractivity contribution in [1.29, 1.82) is 0 Å². The molecule has 0 aromatic heterocycles. The van der Waals surface area contributed by atoms with Crippen LogP contribution in [0.5, 0.6) is 0 Å². The molecular formula is C33H41N3O8. The second-order valence-corrected chi connectivity index (χ2v) is 11.0. The summed E-state index contributed by atoms with van der Waals surface area (Å²) in [4.78, 5) is 53.8. The number of esters is 1. The van der Waals surface area contributed by atoms with Crippen molar-refractivity contribution in [2.45, 2.75) is 63.4 Å². The van der Waals surface area contributed by atoms with Gasteiger partial charge in [0.2, 0.25) is 11.8 Å². The highest BCUT2D eigenvalue weighted by Crippen LogP contribution is 2.21. The molecule has 0 spiro atoms. The van der Waals surface area contributed by atoms with Crippen molar-refractivity contribution in [1.82, 2.24) is 15.5 Å². The molecule has 3 amide bonds. The van der Waals surface area contributed by atoms with Crippen molar-refractivity contribution < 1.29 is 38.5 Å². The van der Waals surface area contributed by atoms with Crippen LogP contribution >= 0.6 is 0 Å². The largest absolute Gasteiger partial charge is 0.462 e. The zero-order valence-electron chi connectivity index (χ0n) is 24.8. The molecule has 2 heterocycles. The van der Waals surface area contributed by atoms with E-state index >= 15 is 0 Å². The van der Waals surface area contributed by atoms with Crippen LogP contribution in [0, 0.1) is 5.92 Å². The number of carbonyl (C=O) groups is 4. The van der Waals surface area contributed by atoms with Crippen LogP contribution in [0.1, 0.15) is 43.2 Å². The second-order valence-electron chi connectivity index (χ2n) is 11.0. The van der Waals surface area contributed by atoms with E-state index in [4.69, 9.17) is 14.2 Å². The van der Waals surface area contributed by atoms with Gasteiger partial charge in [-0.3, -0.25) is 9.59 Å². The molecule has 2 aromatic rings. The summed E-state index contributed by atoms with van der Waals surface area (Å²) in [6, 6.07) is 16.7.